The van der Waals surface area contributed by atoms with Gasteiger partial charge in [0, 0.05) is 25.0 Å². The van der Waals surface area contributed by atoms with Crippen LogP contribution in [0.1, 0.15) is 39.4 Å². The van der Waals surface area contributed by atoms with Gasteiger partial charge in [-0.25, -0.2) is 14.8 Å². The van der Waals surface area contributed by atoms with Crippen LogP contribution in [0.4, 0.5) is 5.69 Å². The molecule has 0 unspecified atom stereocenters. The third-order valence-electron chi connectivity index (χ3n) is 4.37. The van der Waals surface area contributed by atoms with Crippen molar-refractivity contribution < 1.29 is 24.2 Å². The molecule has 2 aromatic rings. The molecular formula is C19H21N3O5. The van der Waals surface area contributed by atoms with Crippen LogP contribution in [-0.2, 0) is 4.74 Å². The number of carbonyl (C=O) groups is 2. The zero-order chi connectivity index (χ0) is 19.2. The lowest BCUT2D eigenvalue weighted by molar-refractivity contribution is 0.0496. The molecule has 0 spiro atoms. The Kier molecular flexibility index (Phi) is 5.97. The van der Waals surface area contributed by atoms with Gasteiger partial charge in [-0.1, -0.05) is 6.07 Å². The fraction of sp³-hybridized carbons (Fsp3) is 0.368. The lowest BCUT2D eigenvalue weighted by atomic mass is 10.0. The molecule has 8 heteroatoms. The van der Waals surface area contributed by atoms with Crippen molar-refractivity contribution in [2.45, 2.75) is 19.8 Å². The number of benzene rings is 1. The summed E-state index contributed by atoms with van der Waals surface area (Å²) in [5, 5.41) is 11.6. The Labute approximate surface area is 156 Å². The zero-order valence-corrected chi connectivity index (χ0v) is 15.0. The molecule has 1 aliphatic heterocycles. The van der Waals surface area contributed by atoms with Gasteiger partial charge in [0.15, 0.2) is 5.69 Å². The maximum atomic E-state index is 12.3. The number of carboxylic acid groups (broad SMARTS) is 1. The number of aryl methyl sites for hydroxylation is 1. The number of amides is 1. The molecule has 1 aromatic carbocycles. The molecule has 1 fully saturated rings. The summed E-state index contributed by atoms with van der Waals surface area (Å²) >= 11 is 0. The molecule has 2 heterocycles. The fourth-order valence-electron chi connectivity index (χ4n) is 2.70. The molecule has 1 amide bonds. The third kappa shape index (κ3) is 5.01. The van der Waals surface area contributed by atoms with Gasteiger partial charge in [-0.2, -0.15) is 0 Å². The van der Waals surface area contributed by atoms with Crippen LogP contribution in [0.25, 0.3) is 0 Å². The molecule has 0 radical (unpaired) electrons. The number of carbonyl (C=O) groups excluding carboxylic acids is 1. The Morgan fingerprint density at radius 3 is 2.59 bits per heavy atom. The first-order valence-electron chi connectivity index (χ1n) is 8.71. The summed E-state index contributed by atoms with van der Waals surface area (Å²) in [4.78, 5) is 30.6. The molecule has 1 aromatic heterocycles. The minimum Gasteiger partial charge on any atom is -0.493 e. The molecule has 1 aliphatic rings. The van der Waals surface area contributed by atoms with Crippen LogP contribution in [0.5, 0.6) is 5.75 Å². The smallest absolute Gasteiger partial charge is 0.356 e. The summed E-state index contributed by atoms with van der Waals surface area (Å²) < 4.78 is 11.3. The predicted molar refractivity (Wildman–Crippen MR) is 97.2 cm³/mol. The van der Waals surface area contributed by atoms with Gasteiger partial charge in [0.05, 0.1) is 19.0 Å². The van der Waals surface area contributed by atoms with Gasteiger partial charge < -0.3 is 19.9 Å². The largest absolute Gasteiger partial charge is 0.493 e. The van der Waals surface area contributed by atoms with Crippen LogP contribution in [0.15, 0.2) is 30.6 Å². The van der Waals surface area contributed by atoms with Crippen LogP contribution < -0.4 is 10.1 Å². The Hall–Kier alpha value is -3.00. The SMILES string of the molecule is Cc1ccc(NC(=O)c2cnc(C(=O)O)cn2)cc1OCC1CCOCC1. The predicted octanol–water partition coefficient (Wildman–Crippen LogP) is 2.54. The monoisotopic (exact) mass is 371 g/mol. The van der Waals surface area contributed by atoms with E-state index < -0.39 is 11.9 Å². The number of aromatic carboxylic acids is 1. The van der Waals surface area contributed by atoms with Crippen LogP contribution in [0, 0.1) is 12.8 Å². The highest BCUT2D eigenvalue weighted by Crippen LogP contribution is 2.25. The molecular weight excluding hydrogens is 350 g/mol. The average molecular weight is 371 g/mol. The minimum absolute atomic E-state index is 0.0326. The highest BCUT2D eigenvalue weighted by molar-refractivity contribution is 6.03. The van der Waals surface area contributed by atoms with Crippen molar-refractivity contribution in [3.8, 4) is 5.75 Å². The van der Waals surface area contributed by atoms with Gasteiger partial charge in [0.2, 0.25) is 0 Å². The fourth-order valence-corrected chi connectivity index (χ4v) is 2.70. The van der Waals surface area contributed by atoms with E-state index in [4.69, 9.17) is 14.6 Å². The van der Waals surface area contributed by atoms with Crippen molar-refractivity contribution >= 4 is 17.6 Å². The number of hydrogen-bond acceptors (Lipinski definition) is 6. The molecule has 142 valence electrons. The van der Waals surface area contributed by atoms with Crippen molar-refractivity contribution in [3.63, 3.8) is 0 Å². The number of nitrogens with zero attached hydrogens (tertiary/aromatic N) is 2. The van der Waals surface area contributed by atoms with E-state index in [-0.39, 0.29) is 11.4 Å². The standard InChI is InChI=1S/C19H21N3O5/c1-12-2-3-14(8-17(12)27-11-13-4-6-26-7-5-13)22-18(23)15-9-21-16(10-20-15)19(24)25/h2-3,8-10,13H,4-7,11H2,1H3,(H,22,23)(H,24,25). The maximum absolute atomic E-state index is 12.3. The highest BCUT2D eigenvalue weighted by atomic mass is 16.5. The summed E-state index contributed by atoms with van der Waals surface area (Å²) in [6.07, 6.45) is 4.16. The van der Waals surface area contributed by atoms with E-state index in [0.29, 0.717) is 24.0 Å². The van der Waals surface area contributed by atoms with Gasteiger partial charge in [0.25, 0.3) is 5.91 Å². The topological polar surface area (TPSA) is 111 Å². The van der Waals surface area contributed by atoms with E-state index in [9.17, 15) is 9.59 Å². The van der Waals surface area contributed by atoms with Crippen LogP contribution in [-0.4, -0.2) is 46.8 Å². The quantitative estimate of drug-likeness (QED) is 0.803. The zero-order valence-electron chi connectivity index (χ0n) is 15.0. The third-order valence-corrected chi connectivity index (χ3v) is 4.37. The summed E-state index contributed by atoms with van der Waals surface area (Å²) in [5.41, 5.74) is 1.36. The van der Waals surface area contributed by atoms with Crippen molar-refractivity contribution in [1.29, 1.82) is 0 Å². The average Bonchev–Trinajstić information content (AvgIpc) is 2.69. The second-order valence-electron chi connectivity index (χ2n) is 6.39. The van der Waals surface area contributed by atoms with Gasteiger partial charge in [-0.3, -0.25) is 4.79 Å². The maximum Gasteiger partial charge on any atom is 0.356 e. The highest BCUT2D eigenvalue weighted by Gasteiger charge is 2.16. The summed E-state index contributed by atoms with van der Waals surface area (Å²) in [5.74, 6) is -0.482. The summed E-state index contributed by atoms with van der Waals surface area (Å²) in [6.45, 7) is 4.10. The number of aromatic nitrogens is 2. The van der Waals surface area contributed by atoms with E-state index in [0.717, 1.165) is 44.0 Å². The first-order valence-corrected chi connectivity index (χ1v) is 8.71. The number of rotatable bonds is 6. The van der Waals surface area contributed by atoms with Crippen LogP contribution >= 0.6 is 0 Å². The van der Waals surface area contributed by atoms with Gasteiger partial charge in [-0.15, -0.1) is 0 Å². The van der Waals surface area contributed by atoms with E-state index in [1.807, 2.05) is 13.0 Å². The van der Waals surface area contributed by atoms with Crippen molar-refractivity contribution in [2.24, 2.45) is 5.92 Å². The minimum atomic E-state index is -1.20. The Morgan fingerprint density at radius 2 is 1.93 bits per heavy atom. The Balaban J connectivity index is 1.64. The summed E-state index contributed by atoms with van der Waals surface area (Å²) in [6, 6.07) is 5.41. The molecule has 3 rings (SSSR count). The molecule has 0 atom stereocenters. The van der Waals surface area contributed by atoms with Gasteiger partial charge in [0.1, 0.15) is 11.4 Å². The molecule has 8 nitrogen and oxygen atoms in total. The first-order chi connectivity index (χ1) is 13.0. The second kappa shape index (κ2) is 8.59. The normalized spacial score (nSPS) is 14.6. The number of anilines is 1. The van der Waals surface area contributed by atoms with E-state index >= 15 is 0 Å². The van der Waals surface area contributed by atoms with E-state index in [2.05, 4.69) is 15.3 Å². The number of hydrogen-bond donors (Lipinski definition) is 2. The molecule has 0 aliphatic carbocycles. The van der Waals surface area contributed by atoms with Crippen molar-refractivity contribution in [1.82, 2.24) is 9.97 Å². The lowest BCUT2D eigenvalue weighted by Crippen LogP contribution is -2.21. The Morgan fingerprint density at radius 1 is 1.22 bits per heavy atom. The molecule has 0 saturated carbocycles. The molecule has 27 heavy (non-hydrogen) atoms. The van der Waals surface area contributed by atoms with Gasteiger partial charge >= 0.3 is 5.97 Å². The lowest BCUT2D eigenvalue weighted by Gasteiger charge is -2.22. The Bertz CT molecular complexity index is 817. The van der Waals surface area contributed by atoms with E-state index in [1.54, 1.807) is 12.1 Å². The van der Waals surface area contributed by atoms with Crippen molar-refractivity contribution in [3.05, 3.63) is 47.5 Å². The number of nitrogens with one attached hydrogen (secondary N) is 1. The number of ether oxygens (including phenoxy) is 2. The second-order valence-corrected chi connectivity index (χ2v) is 6.39. The van der Waals surface area contributed by atoms with Crippen LogP contribution in [0.2, 0.25) is 0 Å². The number of carboxylic acids is 1. The summed E-state index contributed by atoms with van der Waals surface area (Å²) in [7, 11) is 0. The van der Waals surface area contributed by atoms with Crippen molar-refractivity contribution in [2.75, 3.05) is 25.1 Å². The first kappa shape index (κ1) is 18.8. The van der Waals surface area contributed by atoms with E-state index in [1.165, 1.54) is 0 Å². The van der Waals surface area contributed by atoms with Gasteiger partial charge in [-0.05, 0) is 37.3 Å². The molecule has 1 saturated heterocycles. The van der Waals surface area contributed by atoms with Crippen LogP contribution in [0.3, 0.4) is 0 Å². The molecule has 2 N–H and O–H groups in total. The molecule has 0 bridgehead atoms.